The Kier molecular flexibility index (Phi) is 9.03. The Balaban J connectivity index is 1.37. The van der Waals surface area contributed by atoms with E-state index < -0.39 is 0 Å². The van der Waals surface area contributed by atoms with Gasteiger partial charge in [-0.25, -0.2) is 4.98 Å². The number of benzene rings is 2. The molecule has 36 heavy (non-hydrogen) atoms. The smallest absolute Gasteiger partial charge is 0.236 e. The molecule has 2 aromatic carbocycles. The molecule has 0 bridgehead atoms. The molecule has 1 N–H and O–H groups in total. The Hall–Kier alpha value is -2.85. The van der Waals surface area contributed by atoms with Crippen LogP contribution in [0.5, 0.6) is 5.75 Å². The number of rotatable bonds is 11. The molecular formula is C25H23Cl2N5O2S2. The lowest BCUT2D eigenvalue weighted by atomic mass is 10.1. The molecule has 4 rings (SSSR count). The Bertz CT molecular complexity index is 1350. The average molecular weight is 561 g/mol. The largest absolute Gasteiger partial charge is 0.494 e. The van der Waals surface area contributed by atoms with E-state index in [0.29, 0.717) is 45.7 Å². The molecule has 0 atom stereocenters. The van der Waals surface area contributed by atoms with Gasteiger partial charge in [-0.2, -0.15) is 0 Å². The predicted molar refractivity (Wildman–Crippen MR) is 148 cm³/mol. The molecule has 0 unspecified atom stereocenters. The van der Waals surface area contributed by atoms with Crippen molar-refractivity contribution in [2.24, 2.45) is 0 Å². The van der Waals surface area contributed by atoms with Gasteiger partial charge in [0.25, 0.3) is 0 Å². The minimum Gasteiger partial charge on any atom is -0.494 e. The normalized spacial score (nSPS) is 10.9. The number of ether oxygens (including phenoxy) is 1. The zero-order valence-electron chi connectivity index (χ0n) is 19.4. The van der Waals surface area contributed by atoms with Crippen molar-refractivity contribution in [1.29, 1.82) is 0 Å². The molecule has 4 aromatic rings. The van der Waals surface area contributed by atoms with Gasteiger partial charge < -0.3 is 10.1 Å². The second-order valence-electron chi connectivity index (χ2n) is 7.56. The summed E-state index contributed by atoms with van der Waals surface area (Å²) in [5.41, 5.74) is 1.92. The summed E-state index contributed by atoms with van der Waals surface area (Å²) in [7, 11) is 0. The number of allylic oxidation sites excluding steroid dienone is 1. The molecule has 7 nitrogen and oxygen atoms in total. The number of thiazole rings is 1. The highest BCUT2D eigenvalue weighted by Crippen LogP contribution is 2.28. The van der Waals surface area contributed by atoms with E-state index in [1.54, 1.807) is 18.3 Å². The number of amides is 1. The summed E-state index contributed by atoms with van der Waals surface area (Å²) in [5, 5.41) is 13.7. The Morgan fingerprint density at radius 3 is 2.72 bits per heavy atom. The maximum absolute atomic E-state index is 12.6. The summed E-state index contributed by atoms with van der Waals surface area (Å²) in [5.74, 6) is 1.49. The van der Waals surface area contributed by atoms with E-state index in [2.05, 4.69) is 27.1 Å². The number of anilines is 1. The molecule has 0 fully saturated rings. The van der Waals surface area contributed by atoms with Crippen molar-refractivity contribution >= 4 is 57.3 Å². The number of hydrogen-bond donors (Lipinski definition) is 1. The summed E-state index contributed by atoms with van der Waals surface area (Å²) in [6.45, 7) is 6.90. The first kappa shape index (κ1) is 26.2. The quantitative estimate of drug-likeness (QED) is 0.164. The van der Waals surface area contributed by atoms with Crippen LogP contribution in [0.3, 0.4) is 0 Å². The first-order valence-corrected chi connectivity index (χ1v) is 13.6. The van der Waals surface area contributed by atoms with Crippen LogP contribution in [0.4, 0.5) is 5.13 Å². The van der Waals surface area contributed by atoms with Gasteiger partial charge in [-0.1, -0.05) is 47.1 Å². The third kappa shape index (κ3) is 6.67. The fraction of sp³-hybridized carbons (Fsp3) is 0.200. The Morgan fingerprint density at radius 2 is 2.00 bits per heavy atom. The van der Waals surface area contributed by atoms with Crippen molar-refractivity contribution in [2.75, 3.05) is 17.7 Å². The monoisotopic (exact) mass is 559 g/mol. The van der Waals surface area contributed by atoms with Crippen LogP contribution < -0.4 is 10.1 Å². The third-order valence-corrected chi connectivity index (χ3v) is 7.57. The number of nitrogens with one attached hydrogen (secondary N) is 1. The Morgan fingerprint density at radius 1 is 1.19 bits per heavy atom. The molecule has 11 heteroatoms. The number of aromatic nitrogens is 4. The van der Waals surface area contributed by atoms with Crippen molar-refractivity contribution in [3.05, 3.63) is 81.8 Å². The van der Waals surface area contributed by atoms with Crippen molar-refractivity contribution in [1.82, 2.24) is 19.7 Å². The van der Waals surface area contributed by atoms with Gasteiger partial charge in [0.15, 0.2) is 16.1 Å². The van der Waals surface area contributed by atoms with Gasteiger partial charge in [-0.15, -0.1) is 28.1 Å². The van der Waals surface area contributed by atoms with Crippen LogP contribution in [0.15, 0.2) is 66.5 Å². The summed E-state index contributed by atoms with van der Waals surface area (Å²) < 4.78 is 7.44. The van der Waals surface area contributed by atoms with Gasteiger partial charge in [0, 0.05) is 29.6 Å². The van der Waals surface area contributed by atoms with Crippen molar-refractivity contribution in [2.45, 2.75) is 25.0 Å². The lowest BCUT2D eigenvalue weighted by Gasteiger charge is -2.08. The standard InChI is InChI=1S/C25H23Cl2N5O2S2/c1-3-11-32-23(17-6-8-18(9-7-17)34-4-2)30-31-25(32)35-15-22(33)29-24-28-14-19(36-24)12-16-5-10-20(26)21(27)13-16/h3,5-10,13-14H,1,4,11-12,15H2,2H3,(H,28,29,33). The number of halogens is 2. The summed E-state index contributed by atoms with van der Waals surface area (Å²) in [6.07, 6.45) is 4.18. The molecule has 0 aliphatic carbocycles. The number of hydrogen-bond acceptors (Lipinski definition) is 7. The van der Waals surface area contributed by atoms with E-state index in [1.165, 1.54) is 23.1 Å². The summed E-state index contributed by atoms with van der Waals surface area (Å²) in [4.78, 5) is 17.9. The molecule has 2 heterocycles. The van der Waals surface area contributed by atoms with E-state index in [1.807, 2.05) is 47.9 Å². The van der Waals surface area contributed by atoms with Gasteiger partial charge in [0.1, 0.15) is 5.75 Å². The second kappa shape index (κ2) is 12.4. The van der Waals surface area contributed by atoms with Crippen LogP contribution in [0, 0.1) is 0 Å². The van der Waals surface area contributed by atoms with Crippen molar-refractivity contribution in [3.63, 3.8) is 0 Å². The first-order chi connectivity index (χ1) is 17.5. The predicted octanol–water partition coefficient (Wildman–Crippen LogP) is 6.61. The molecule has 0 radical (unpaired) electrons. The zero-order chi connectivity index (χ0) is 25.5. The highest BCUT2D eigenvalue weighted by atomic mass is 35.5. The average Bonchev–Trinajstić information content (AvgIpc) is 3.48. The first-order valence-electron chi connectivity index (χ1n) is 11.1. The van der Waals surface area contributed by atoms with E-state index in [0.717, 1.165) is 21.8 Å². The zero-order valence-corrected chi connectivity index (χ0v) is 22.6. The minimum absolute atomic E-state index is 0.167. The van der Waals surface area contributed by atoms with Crippen LogP contribution in [-0.2, 0) is 17.8 Å². The topological polar surface area (TPSA) is 81.9 Å². The van der Waals surface area contributed by atoms with Crippen LogP contribution in [0.1, 0.15) is 17.4 Å². The highest BCUT2D eigenvalue weighted by molar-refractivity contribution is 7.99. The maximum Gasteiger partial charge on any atom is 0.236 e. The van der Waals surface area contributed by atoms with Gasteiger partial charge >= 0.3 is 0 Å². The fourth-order valence-electron chi connectivity index (χ4n) is 3.35. The van der Waals surface area contributed by atoms with Crippen molar-refractivity contribution in [3.8, 4) is 17.1 Å². The lowest BCUT2D eigenvalue weighted by Crippen LogP contribution is -2.14. The molecule has 0 aliphatic heterocycles. The second-order valence-corrected chi connectivity index (χ2v) is 10.4. The summed E-state index contributed by atoms with van der Waals surface area (Å²) >= 11 is 14.8. The minimum atomic E-state index is -0.175. The summed E-state index contributed by atoms with van der Waals surface area (Å²) in [6, 6.07) is 13.2. The van der Waals surface area contributed by atoms with Crippen LogP contribution >= 0.6 is 46.3 Å². The lowest BCUT2D eigenvalue weighted by molar-refractivity contribution is -0.113. The van der Waals surface area contributed by atoms with Crippen LogP contribution in [0.25, 0.3) is 11.4 Å². The number of nitrogens with zero attached hydrogens (tertiary/aromatic N) is 4. The molecule has 1 amide bonds. The third-order valence-electron chi connectivity index (χ3n) is 4.95. The van der Waals surface area contributed by atoms with E-state index >= 15 is 0 Å². The molecule has 0 aliphatic rings. The van der Waals surface area contributed by atoms with E-state index in [4.69, 9.17) is 27.9 Å². The molecule has 186 valence electrons. The Labute approximate surface area is 227 Å². The van der Waals surface area contributed by atoms with Gasteiger partial charge in [0.05, 0.1) is 22.4 Å². The number of carbonyl (C=O) groups is 1. The van der Waals surface area contributed by atoms with Crippen molar-refractivity contribution < 1.29 is 9.53 Å². The number of thioether (sulfide) groups is 1. The molecule has 0 spiro atoms. The van der Waals surface area contributed by atoms with Gasteiger partial charge in [0.2, 0.25) is 5.91 Å². The van der Waals surface area contributed by atoms with Gasteiger partial charge in [-0.3, -0.25) is 9.36 Å². The fourth-order valence-corrected chi connectivity index (χ4v) is 5.28. The van der Waals surface area contributed by atoms with Gasteiger partial charge in [-0.05, 0) is 48.9 Å². The maximum atomic E-state index is 12.6. The van der Waals surface area contributed by atoms with E-state index in [-0.39, 0.29) is 11.7 Å². The SMILES string of the molecule is C=CCn1c(SCC(=O)Nc2ncc(Cc3ccc(Cl)c(Cl)c3)s2)nnc1-c1ccc(OCC)cc1. The van der Waals surface area contributed by atoms with Crippen LogP contribution in [-0.4, -0.2) is 38.0 Å². The highest BCUT2D eigenvalue weighted by Gasteiger charge is 2.16. The molecule has 0 saturated carbocycles. The molecular weight excluding hydrogens is 537 g/mol. The van der Waals surface area contributed by atoms with Crippen LogP contribution in [0.2, 0.25) is 10.0 Å². The number of carbonyl (C=O) groups excluding carboxylic acids is 1. The molecule has 2 aromatic heterocycles. The molecule has 0 saturated heterocycles. The van der Waals surface area contributed by atoms with E-state index in [9.17, 15) is 4.79 Å².